The van der Waals surface area contributed by atoms with Gasteiger partial charge >= 0.3 is 5.97 Å². The first-order valence-electron chi connectivity index (χ1n) is 8.37. The normalized spacial score (nSPS) is 26.2. The Hall–Kier alpha value is -1.05. The van der Waals surface area contributed by atoms with Gasteiger partial charge in [0.2, 0.25) is 0 Å². The number of ether oxygens (including phenoxy) is 2. The Labute approximate surface area is 128 Å². The van der Waals surface area contributed by atoms with Crippen molar-refractivity contribution in [3.8, 4) is 11.8 Å². The van der Waals surface area contributed by atoms with Gasteiger partial charge in [-0.1, -0.05) is 12.8 Å². The molecule has 0 spiro atoms. The van der Waals surface area contributed by atoms with Crippen molar-refractivity contribution >= 4 is 5.97 Å². The van der Waals surface area contributed by atoms with Crippen LogP contribution in [0.15, 0.2) is 0 Å². The van der Waals surface area contributed by atoms with Crippen LogP contribution in [0.5, 0.6) is 0 Å². The molecule has 2 atom stereocenters. The maximum atomic E-state index is 11.8. The van der Waals surface area contributed by atoms with Crippen LogP contribution < -0.4 is 4.90 Å². The first kappa shape index (κ1) is 16.3. The fourth-order valence-corrected chi connectivity index (χ4v) is 2.96. The fourth-order valence-electron chi connectivity index (χ4n) is 2.96. The number of cyclic esters (lactones) is 1. The fraction of sp³-hybridized carbons (Fsp3) is 0.824. The monoisotopic (exact) mass is 294 g/mol. The van der Waals surface area contributed by atoms with Gasteiger partial charge in [-0.3, -0.25) is 4.79 Å². The summed E-state index contributed by atoms with van der Waals surface area (Å²) in [7, 11) is 0. The molecule has 0 aromatic heterocycles. The van der Waals surface area contributed by atoms with Crippen LogP contribution in [0.4, 0.5) is 0 Å². The highest BCUT2D eigenvalue weighted by Crippen LogP contribution is 2.23. The van der Waals surface area contributed by atoms with Gasteiger partial charge in [0.15, 0.2) is 0 Å². The molecule has 0 amide bonds. The van der Waals surface area contributed by atoms with Gasteiger partial charge in [0.05, 0.1) is 25.6 Å². The minimum absolute atomic E-state index is 0.0518. The van der Waals surface area contributed by atoms with Crippen molar-refractivity contribution in [3.05, 3.63) is 0 Å². The molecule has 0 bridgehead atoms. The van der Waals surface area contributed by atoms with E-state index in [4.69, 9.17) is 9.47 Å². The van der Waals surface area contributed by atoms with Crippen LogP contribution in [0.25, 0.3) is 0 Å². The topological polar surface area (TPSA) is 40.0 Å². The Kier molecular flexibility index (Phi) is 7.05. The molecule has 4 heteroatoms. The maximum absolute atomic E-state index is 11.8. The van der Waals surface area contributed by atoms with Crippen molar-refractivity contribution in [1.29, 1.82) is 0 Å². The molecule has 2 aliphatic heterocycles. The molecule has 1 N–H and O–H groups in total. The van der Waals surface area contributed by atoms with E-state index in [2.05, 4.69) is 18.8 Å². The molecule has 118 valence electrons. The summed E-state index contributed by atoms with van der Waals surface area (Å²) in [6.07, 6.45) is 6.34. The van der Waals surface area contributed by atoms with Gasteiger partial charge < -0.3 is 14.4 Å². The zero-order valence-electron chi connectivity index (χ0n) is 13.2. The van der Waals surface area contributed by atoms with Gasteiger partial charge in [-0.05, 0) is 31.6 Å². The highest BCUT2D eigenvalue weighted by Gasteiger charge is 2.33. The summed E-state index contributed by atoms with van der Waals surface area (Å²) < 4.78 is 10.8. The Morgan fingerprint density at radius 3 is 2.86 bits per heavy atom. The molecule has 2 rings (SSSR count). The molecule has 2 heterocycles. The number of piperidine rings is 1. The van der Waals surface area contributed by atoms with Gasteiger partial charge in [-0.25, -0.2) is 0 Å². The zero-order valence-corrected chi connectivity index (χ0v) is 13.2. The summed E-state index contributed by atoms with van der Waals surface area (Å²) >= 11 is 0. The van der Waals surface area contributed by atoms with Crippen molar-refractivity contribution in [2.75, 3.05) is 32.8 Å². The van der Waals surface area contributed by atoms with Crippen LogP contribution in [-0.2, 0) is 14.3 Å². The number of likely N-dealkylation sites (tertiary alicyclic amines) is 1. The predicted molar refractivity (Wildman–Crippen MR) is 80.9 cm³/mol. The van der Waals surface area contributed by atoms with Gasteiger partial charge in [-0.15, -0.1) is 0 Å². The lowest BCUT2D eigenvalue weighted by Crippen LogP contribution is -3.12. The SMILES string of the molecule is CCCOC[C@H]1C[C@@H](CC#CC[NH+]2CCCCC2)C(=O)O1. The highest BCUT2D eigenvalue weighted by atomic mass is 16.6. The molecular weight excluding hydrogens is 266 g/mol. The quantitative estimate of drug-likeness (QED) is 0.448. The average Bonchev–Trinajstić information content (AvgIpc) is 2.85. The van der Waals surface area contributed by atoms with Crippen molar-refractivity contribution < 1.29 is 19.2 Å². The van der Waals surface area contributed by atoms with E-state index in [1.54, 1.807) is 4.90 Å². The minimum atomic E-state index is -0.0975. The summed E-state index contributed by atoms with van der Waals surface area (Å²) in [5.74, 6) is 6.27. The second-order valence-electron chi connectivity index (χ2n) is 6.11. The lowest BCUT2D eigenvalue weighted by molar-refractivity contribution is -0.897. The van der Waals surface area contributed by atoms with Crippen molar-refractivity contribution in [3.63, 3.8) is 0 Å². The van der Waals surface area contributed by atoms with E-state index in [1.165, 1.54) is 32.4 Å². The first-order valence-corrected chi connectivity index (χ1v) is 8.37. The second kappa shape index (κ2) is 9.07. The van der Waals surface area contributed by atoms with E-state index in [9.17, 15) is 4.79 Å². The van der Waals surface area contributed by atoms with Crippen LogP contribution in [0.1, 0.15) is 45.4 Å². The number of carbonyl (C=O) groups excluding carboxylic acids is 1. The summed E-state index contributed by atoms with van der Waals surface area (Å²) in [4.78, 5) is 13.4. The largest absolute Gasteiger partial charge is 0.460 e. The summed E-state index contributed by atoms with van der Waals surface area (Å²) in [5.41, 5.74) is 0. The Balaban J connectivity index is 1.65. The van der Waals surface area contributed by atoms with Crippen molar-refractivity contribution in [2.45, 2.75) is 51.6 Å². The summed E-state index contributed by atoms with van der Waals surface area (Å²) in [6, 6.07) is 0. The molecule has 2 fully saturated rings. The number of carbonyl (C=O) groups is 1. The van der Waals surface area contributed by atoms with Crippen LogP contribution >= 0.6 is 0 Å². The maximum Gasteiger partial charge on any atom is 0.310 e. The standard InChI is InChI=1S/C17H27NO3/c1-2-12-20-14-16-13-15(17(19)21-16)8-4-7-11-18-9-5-3-6-10-18/h15-16H,2-3,5-6,8-14H2,1H3/p+1/t15-,16-/m1/s1. The number of rotatable bonds is 6. The number of esters is 1. The van der Waals surface area contributed by atoms with Crippen molar-refractivity contribution in [2.24, 2.45) is 5.92 Å². The Morgan fingerprint density at radius 1 is 1.29 bits per heavy atom. The third kappa shape index (κ3) is 5.68. The lowest BCUT2D eigenvalue weighted by Gasteiger charge is -2.20. The highest BCUT2D eigenvalue weighted by molar-refractivity contribution is 5.75. The molecule has 4 nitrogen and oxygen atoms in total. The molecule has 0 saturated carbocycles. The van der Waals surface area contributed by atoms with E-state index in [0.717, 1.165) is 26.0 Å². The van der Waals surface area contributed by atoms with E-state index < -0.39 is 0 Å². The third-order valence-electron chi connectivity index (χ3n) is 4.19. The summed E-state index contributed by atoms with van der Waals surface area (Å²) in [5, 5.41) is 0. The van der Waals surface area contributed by atoms with Crippen LogP contribution in [0.2, 0.25) is 0 Å². The number of nitrogens with one attached hydrogen (secondary N) is 1. The molecule has 2 saturated heterocycles. The van der Waals surface area contributed by atoms with Gasteiger partial charge in [0.25, 0.3) is 0 Å². The van der Waals surface area contributed by atoms with E-state index in [0.29, 0.717) is 13.0 Å². The molecule has 21 heavy (non-hydrogen) atoms. The molecule has 0 radical (unpaired) electrons. The molecule has 0 aromatic carbocycles. The Morgan fingerprint density at radius 2 is 2.10 bits per heavy atom. The van der Waals surface area contributed by atoms with E-state index in [-0.39, 0.29) is 18.0 Å². The minimum Gasteiger partial charge on any atom is -0.460 e. The van der Waals surface area contributed by atoms with Crippen molar-refractivity contribution in [1.82, 2.24) is 0 Å². The third-order valence-corrected chi connectivity index (χ3v) is 4.19. The van der Waals surface area contributed by atoms with Gasteiger partial charge in [-0.2, -0.15) is 0 Å². The lowest BCUT2D eigenvalue weighted by atomic mass is 10.0. The predicted octanol–water partition coefficient (Wildman–Crippen LogP) is 0.807. The smallest absolute Gasteiger partial charge is 0.310 e. The number of hydrogen-bond donors (Lipinski definition) is 1. The molecule has 0 aliphatic carbocycles. The molecule has 0 unspecified atom stereocenters. The molecule has 2 aliphatic rings. The first-order chi connectivity index (χ1) is 10.3. The second-order valence-corrected chi connectivity index (χ2v) is 6.11. The number of hydrogen-bond acceptors (Lipinski definition) is 3. The molecule has 0 aromatic rings. The van der Waals surface area contributed by atoms with Crippen LogP contribution in [-0.4, -0.2) is 44.9 Å². The van der Waals surface area contributed by atoms with E-state index in [1.807, 2.05) is 0 Å². The zero-order chi connectivity index (χ0) is 14.9. The Bertz CT molecular complexity index is 379. The van der Waals surface area contributed by atoms with Gasteiger partial charge in [0.1, 0.15) is 12.6 Å². The van der Waals surface area contributed by atoms with E-state index >= 15 is 0 Å². The van der Waals surface area contributed by atoms with Crippen LogP contribution in [0.3, 0.4) is 0 Å². The average molecular weight is 294 g/mol. The number of quaternary nitrogens is 1. The molecular formula is C17H28NO3+. The van der Waals surface area contributed by atoms with Crippen LogP contribution in [0, 0.1) is 17.8 Å². The van der Waals surface area contributed by atoms with Gasteiger partial charge in [0, 0.05) is 19.4 Å². The summed E-state index contributed by atoms with van der Waals surface area (Å²) in [6.45, 7) is 6.75.